The molecule has 0 amide bonds. The van der Waals surface area contributed by atoms with Crippen molar-refractivity contribution in [2.45, 2.75) is 6.54 Å². The van der Waals surface area contributed by atoms with Gasteiger partial charge in [-0.3, -0.25) is 9.36 Å². The van der Waals surface area contributed by atoms with Gasteiger partial charge in [-0.15, -0.1) is 0 Å². The number of methoxy groups -OCH3 is 1. The standard InChI is InChI=1S/C12H9ClF2N2O2/c1-19-10-11(13)16-6-17(12(10)18)5-7-8(14)3-2-4-9(7)15/h2-4,6H,5H2,1H3. The average Bonchev–Trinajstić information content (AvgIpc) is 2.37. The van der Waals surface area contributed by atoms with Crippen LogP contribution in [0.4, 0.5) is 8.78 Å². The van der Waals surface area contributed by atoms with E-state index in [0.29, 0.717) is 0 Å². The highest BCUT2D eigenvalue weighted by Gasteiger charge is 2.14. The van der Waals surface area contributed by atoms with Gasteiger partial charge in [0, 0.05) is 5.56 Å². The molecule has 0 fully saturated rings. The highest BCUT2D eigenvalue weighted by atomic mass is 35.5. The summed E-state index contributed by atoms with van der Waals surface area (Å²) < 4.78 is 32.8. The monoisotopic (exact) mass is 286 g/mol. The Hall–Kier alpha value is -1.95. The van der Waals surface area contributed by atoms with Crippen LogP contribution in [-0.2, 0) is 6.54 Å². The third kappa shape index (κ3) is 2.58. The summed E-state index contributed by atoms with van der Waals surface area (Å²) in [4.78, 5) is 15.6. The van der Waals surface area contributed by atoms with Crippen molar-refractivity contribution in [3.05, 3.63) is 57.2 Å². The van der Waals surface area contributed by atoms with Crippen molar-refractivity contribution in [2.75, 3.05) is 7.11 Å². The van der Waals surface area contributed by atoms with Crippen molar-refractivity contribution < 1.29 is 13.5 Å². The predicted octanol–water partition coefficient (Wildman–Crippen LogP) is 2.23. The number of ether oxygens (including phenoxy) is 1. The molecule has 0 aliphatic heterocycles. The summed E-state index contributed by atoms with van der Waals surface area (Å²) >= 11 is 5.67. The minimum Gasteiger partial charge on any atom is -0.489 e. The van der Waals surface area contributed by atoms with E-state index >= 15 is 0 Å². The zero-order valence-electron chi connectivity index (χ0n) is 9.86. The smallest absolute Gasteiger partial charge is 0.297 e. The molecule has 100 valence electrons. The van der Waals surface area contributed by atoms with Crippen molar-refractivity contribution in [1.82, 2.24) is 9.55 Å². The zero-order valence-corrected chi connectivity index (χ0v) is 10.6. The Morgan fingerprint density at radius 3 is 2.58 bits per heavy atom. The topological polar surface area (TPSA) is 44.1 Å². The lowest BCUT2D eigenvalue weighted by atomic mass is 10.2. The van der Waals surface area contributed by atoms with Crippen LogP contribution in [0, 0.1) is 11.6 Å². The number of rotatable bonds is 3. The highest BCUT2D eigenvalue weighted by Crippen LogP contribution is 2.17. The molecule has 19 heavy (non-hydrogen) atoms. The molecule has 7 heteroatoms. The molecular weight excluding hydrogens is 278 g/mol. The van der Waals surface area contributed by atoms with Crippen molar-refractivity contribution in [1.29, 1.82) is 0 Å². The molecule has 0 aliphatic rings. The number of hydrogen-bond acceptors (Lipinski definition) is 3. The summed E-state index contributed by atoms with van der Waals surface area (Å²) in [5, 5.41) is -0.0993. The first-order chi connectivity index (χ1) is 9.04. The second-order valence-corrected chi connectivity index (χ2v) is 4.06. The molecule has 2 aromatic rings. The van der Waals surface area contributed by atoms with Crippen molar-refractivity contribution in [3.8, 4) is 5.75 Å². The van der Waals surface area contributed by atoms with Crippen LogP contribution >= 0.6 is 11.6 Å². The van der Waals surface area contributed by atoms with E-state index in [-0.39, 0.29) is 23.0 Å². The lowest BCUT2D eigenvalue weighted by molar-refractivity contribution is 0.400. The number of halogens is 3. The second kappa shape index (κ2) is 5.36. The normalized spacial score (nSPS) is 10.5. The van der Waals surface area contributed by atoms with Crippen molar-refractivity contribution in [2.24, 2.45) is 0 Å². The van der Waals surface area contributed by atoms with Gasteiger partial charge in [0.2, 0.25) is 5.75 Å². The van der Waals surface area contributed by atoms with Gasteiger partial charge < -0.3 is 4.74 Å². The fourth-order valence-corrected chi connectivity index (χ4v) is 1.79. The van der Waals surface area contributed by atoms with E-state index in [1.54, 1.807) is 0 Å². The van der Waals surface area contributed by atoms with Gasteiger partial charge >= 0.3 is 0 Å². The van der Waals surface area contributed by atoms with E-state index in [2.05, 4.69) is 4.98 Å². The number of nitrogens with zero attached hydrogens (tertiary/aromatic N) is 2. The Bertz CT molecular complexity index is 653. The van der Waals surface area contributed by atoms with E-state index < -0.39 is 17.2 Å². The van der Waals surface area contributed by atoms with Crippen LogP contribution in [0.2, 0.25) is 5.15 Å². The summed E-state index contributed by atoms with van der Waals surface area (Å²) in [6, 6.07) is 3.48. The SMILES string of the molecule is COc1c(Cl)ncn(Cc2c(F)cccc2F)c1=O. The molecule has 1 heterocycles. The predicted molar refractivity (Wildman–Crippen MR) is 65.5 cm³/mol. The van der Waals surface area contributed by atoms with Crippen molar-refractivity contribution in [3.63, 3.8) is 0 Å². The van der Waals surface area contributed by atoms with Crippen LogP contribution in [0.15, 0.2) is 29.3 Å². The summed E-state index contributed by atoms with van der Waals surface area (Å²) in [6.45, 7) is -0.294. The molecule has 0 aliphatic carbocycles. The van der Waals surface area contributed by atoms with Crippen LogP contribution in [-0.4, -0.2) is 16.7 Å². The van der Waals surface area contributed by atoms with Crippen LogP contribution in [0.5, 0.6) is 5.75 Å². The Labute approximate surface area is 112 Å². The van der Waals surface area contributed by atoms with Crippen molar-refractivity contribution >= 4 is 11.6 Å². The Kier molecular flexibility index (Phi) is 3.80. The van der Waals surface area contributed by atoms with Crippen LogP contribution in [0.1, 0.15) is 5.56 Å². The molecule has 1 aromatic carbocycles. The fraction of sp³-hybridized carbons (Fsp3) is 0.167. The van der Waals surface area contributed by atoms with Gasteiger partial charge in [-0.1, -0.05) is 17.7 Å². The van der Waals surface area contributed by atoms with E-state index in [1.165, 1.54) is 13.2 Å². The molecule has 0 saturated carbocycles. The van der Waals surface area contributed by atoms with Gasteiger partial charge in [0.1, 0.15) is 11.6 Å². The zero-order chi connectivity index (χ0) is 14.0. The summed E-state index contributed by atoms with van der Waals surface area (Å²) in [6.07, 6.45) is 1.11. The third-order valence-corrected chi connectivity index (χ3v) is 2.82. The molecule has 0 bridgehead atoms. The van der Waals surface area contributed by atoms with Crippen LogP contribution < -0.4 is 10.3 Å². The lowest BCUT2D eigenvalue weighted by Crippen LogP contribution is -2.23. The van der Waals surface area contributed by atoms with Gasteiger partial charge in [-0.25, -0.2) is 13.8 Å². The van der Waals surface area contributed by atoms with Gasteiger partial charge in [0.25, 0.3) is 5.56 Å². The second-order valence-electron chi connectivity index (χ2n) is 3.70. The van der Waals surface area contributed by atoms with Crippen LogP contribution in [0.3, 0.4) is 0 Å². The molecular formula is C12H9ClF2N2O2. The largest absolute Gasteiger partial charge is 0.489 e. The first-order valence-corrected chi connectivity index (χ1v) is 5.64. The number of hydrogen-bond donors (Lipinski definition) is 0. The van der Waals surface area contributed by atoms with Crippen LogP contribution in [0.25, 0.3) is 0 Å². The van der Waals surface area contributed by atoms with E-state index in [1.807, 2.05) is 0 Å². The molecule has 0 saturated heterocycles. The molecule has 0 unspecified atom stereocenters. The first kappa shape index (κ1) is 13.5. The Morgan fingerprint density at radius 1 is 1.37 bits per heavy atom. The lowest BCUT2D eigenvalue weighted by Gasteiger charge is -2.09. The maximum Gasteiger partial charge on any atom is 0.297 e. The average molecular weight is 287 g/mol. The minimum absolute atomic E-state index is 0.0993. The molecule has 0 radical (unpaired) electrons. The molecule has 1 aromatic heterocycles. The Balaban J connectivity index is 2.48. The fourth-order valence-electron chi connectivity index (χ4n) is 1.59. The summed E-state index contributed by atoms with van der Waals surface area (Å²) in [5.74, 6) is -1.64. The molecule has 0 atom stereocenters. The van der Waals surface area contributed by atoms with Gasteiger partial charge in [-0.05, 0) is 12.1 Å². The third-order valence-electron chi connectivity index (χ3n) is 2.55. The summed E-state index contributed by atoms with van der Waals surface area (Å²) in [5.41, 5.74) is -0.832. The minimum atomic E-state index is -0.735. The van der Waals surface area contributed by atoms with Gasteiger partial charge in [0.05, 0.1) is 20.0 Å². The summed E-state index contributed by atoms with van der Waals surface area (Å²) in [7, 11) is 1.26. The van der Waals surface area contributed by atoms with E-state index in [0.717, 1.165) is 23.0 Å². The van der Waals surface area contributed by atoms with Gasteiger partial charge in [-0.2, -0.15) is 0 Å². The number of benzene rings is 1. The van der Waals surface area contributed by atoms with E-state index in [4.69, 9.17) is 16.3 Å². The quantitative estimate of drug-likeness (QED) is 0.813. The molecule has 4 nitrogen and oxygen atoms in total. The maximum absolute atomic E-state index is 13.5. The highest BCUT2D eigenvalue weighted by molar-refractivity contribution is 6.30. The number of aromatic nitrogens is 2. The molecule has 0 spiro atoms. The Morgan fingerprint density at radius 2 is 2.00 bits per heavy atom. The van der Waals surface area contributed by atoms with Gasteiger partial charge in [0.15, 0.2) is 5.15 Å². The molecule has 2 rings (SSSR count). The maximum atomic E-state index is 13.5. The molecule has 0 N–H and O–H groups in total. The van der Waals surface area contributed by atoms with E-state index in [9.17, 15) is 13.6 Å². The first-order valence-electron chi connectivity index (χ1n) is 5.26.